The molecule has 0 atom stereocenters. The zero-order chi connectivity index (χ0) is 20.1. The maximum Gasteiger partial charge on any atom is 0.249 e. The summed E-state index contributed by atoms with van der Waals surface area (Å²) in [5.74, 6) is 1.07. The molecule has 0 aliphatic carbocycles. The Morgan fingerprint density at radius 3 is 2.48 bits per heavy atom. The number of hydrogen-bond acceptors (Lipinski definition) is 8. The van der Waals surface area contributed by atoms with E-state index in [9.17, 15) is 0 Å². The van der Waals surface area contributed by atoms with E-state index in [-0.39, 0.29) is 0 Å². The molecule has 150 valence electrons. The molecule has 0 unspecified atom stereocenters. The number of ether oxygens (including phenoxy) is 1. The second-order valence-electron chi connectivity index (χ2n) is 6.97. The van der Waals surface area contributed by atoms with Crippen molar-refractivity contribution in [2.24, 2.45) is 0 Å². The number of aromatic nitrogens is 3. The number of nitrogens with zero attached hydrogens (tertiary/aromatic N) is 5. The van der Waals surface area contributed by atoms with Crippen LogP contribution in [-0.4, -0.2) is 55.6 Å². The zero-order valence-electron chi connectivity index (χ0n) is 16.7. The molecule has 2 N–H and O–H groups in total. The molecule has 3 aromatic rings. The van der Waals surface area contributed by atoms with Crippen LogP contribution in [0, 0.1) is 0 Å². The smallest absolute Gasteiger partial charge is 0.249 e. The lowest BCUT2D eigenvalue weighted by Gasteiger charge is -2.30. The first-order valence-electron chi connectivity index (χ1n) is 9.62. The predicted octanol–water partition coefficient (Wildman–Crippen LogP) is 3.26. The van der Waals surface area contributed by atoms with Crippen LogP contribution in [0.5, 0.6) is 0 Å². The molecule has 8 nitrogen and oxygen atoms in total. The second-order valence-corrected chi connectivity index (χ2v) is 6.97. The Balaban J connectivity index is 1.49. The highest BCUT2D eigenvalue weighted by atomic mass is 16.5. The third-order valence-corrected chi connectivity index (χ3v) is 4.72. The quantitative estimate of drug-likeness (QED) is 0.663. The van der Waals surface area contributed by atoms with Gasteiger partial charge in [0.25, 0.3) is 0 Å². The zero-order valence-corrected chi connectivity index (χ0v) is 16.7. The third kappa shape index (κ3) is 4.72. The molecule has 29 heavy (non-hydrogen) atoms. The minimum Gasteiger partial charge on any atom is -0.378 e. The molecule has 1 aliphatic rings. The molecule has 2 heterocycles. The van der Waals surface area contributed by atoms with E-state index < -0.39 is 0 Å². The molecule has 4 rings (SSSR count). The number of morpholine rings is 1. The maximum absolute atomic E-state index is 5.47. The van der Waals surface area contributed by atoms with Gasteiger partial charge in [-0.15, -0.1) is 5.10 Å². The van der Waals surface area contributed by atoms with Gasteiger partial charge in [-0.05, 0) is 36.4 Å². The van der Waals surface area contributed by atoms with Crippen LogP contribution in [0.15, 0.2) is 54.7 Å². The Morgan fingerprint density at radius 1 is 0.966 bits per heavy atom. The molecule has 2 aromatic carbocycles. The monoisotopic (exact) mass is 391 g/mol. The van der Waals surface area contributed by atoms with Crippen LogP contribution in [0.1, 0.15) is 0 Å². The third-order valence-electron chi connectivity index (χ3n) is 4.72. The number of benzene rings is 2. The molecule has 8 heteroatoms. The average molecular weight is 391 g/mol. The van der Waals surface area contributed by atoms with Crippen LogP contribution >= 0.6 is 0 Å². The van der Waals surface area contributed by atoms with Crippen molar-refractivity contribution >= 4 is 34.5 Å². The van der Waals surface area contributed by atoms with Crippen molar-refractivity contribution in [1.29, 1.82) is 0 Å². The van der Waals surface area contributed by atoms with Crippen LogP contribution in [0.4, 0.5) is 34.5 Å². The average Bonchev–Trinajstić information content (AvgIpc) is 2.75. The lowest BCUT2D eigenvalue weighted by Crippen LogP contribution is -2.36. The van der Waals surface area contributed by atoms with E-state index in [1.54, 1.807) is 6.20 Å². The standard InChI is InChI=1S/C21H25N7O/c1-27(2)17-9-7-16(8-10-17)23-21-25-20(15-22-26-21)24-18-5-3-4-6-19(18)28-11-13-29-14-12-28/h3-10,15H,11-14H2,1-2H3,(H2,23,24,25,26). The van der Waals surface area contributed by atoms with Gasteiger partial charge in [-0.25, -0.2) is 0 Å². The van der Waals surface area contributed by atoms with Gasteiger partial charge in [-0.1, -0.05) is 12.1 Å². The number of nitrogens with one attached hydrogen (secondary N) is 2. The van der Waals surface area contributed by atoms with Crippen LogP contribution in [0.2, 0.25) is 0 Å². The number of hydrogen-bond donors (Lipinski definition) is 2. The molecule has 1 aliphatic heterocycles. The molecule has 0 amide bonds. The first-order chi connectivity index (χ1) is 14.2. The fourth-order valence-electron chi connectivity index (χ4n) is 3.19. The number of anilines is 6. The second kappa shape index (κ2) is 8.74. The number of para-hydroxylation sites is 2. The molecular weight excluding hydrogens is 366 g/mol. The van der Waals surface area contributed by atoms with E-state index in [1.165, 1.54) is 0 Å². The van der Waals surface area contributed by atoms with Gasteiger partial charge < -0.3 is 25.2 Å². The van der Waals surface area contributed by atoms with Crippen LogP contribution in [0.3, 0.4) is 0 Å². The van der Waals surface area contributed by atoms with E-state index >= 15 is 0 Å². The van der Waals surface area contributed by atoms with E-state index in [4.69, 9.17) is 4.74 Å². The van der Waals surface area contributed by atoms with E-state index in [0.717, 1.165) is 49.1 Å². The van der Waals surface area contributed by atoms with Gasteiger partial charge in [0.2, 0.25) is 5.95 Å². The maximum atomic E-state index is 5.47. The highest BCUT2D eigenvalue weighted by molar-refractivity contribution is 5.74. The Kier molecular flexibility index (Phi) is 5.71. The van der Waals surface area contributed by atoms with Crippen molar-refractivity contribution in [2.45, 2.75) is 0 Å². The van der Waals surface area contributed by atoms with Crippen LogP contribution in [0.25, 0.3) is 0 Å². The number of rotatable bonds is 6. The molecule has 1 saturated heterocycles. The van der Waals surface area contributed by atoms with Gasteiger partial charge >= 0.3 is 0 Å². The molecule has 0 bridgehead atoms. The topological polar surface area (TPSA) is 78.4 Å². The lowest BCUT2D eigenvalue weighted by molar-refractivity contribution is 0.123. The first-order valence-corrected chi connectivity index (χ1v) is 9.62. The Labute approximate surface area is 170 Å². The summed E-state index contributed by atoms with van der Waals surface area (Å²) in [4.78, 5) is 8.92. The molecule has 0 saturated carbocycles. The summed E-state index contributed by atoms with van der Waals surface area (Å²) in [5.41, 5.74) is 4.15. The first kappa shape index (κ1) is 18.9. The van der Waals surface area contributed by atoms with Crippen molar-refractivity contribution < 1.29 is 4.74 Å². The van der Waals surface area contributed by atoms with E-state index in [2.05, 4.69) is 41.7 Å². The minimum atomic E-state index is 0.441. The summed E-state index contributed by atoms with van der Waals surface area (Å²) in [7, 11) is 4.03. The largest absolute Gasteiger partial charge is 0.378 e. The van der Waals surface area contributed by atoms with Gasteiger partial charge in [0, 0.05) is 38.6 Å². The normalized spacial score (nSPS) is 13.8. The van der Waals surface area contributed by atoms with Crippen molar-refractivity contribution in [3.63, 3.8) is 0 Å². The van der Waals surface area contributed by atoms with E-state index in [0.29, 0.717) is 11.8 Å². The summed E-state index contributed by atoms with van der Waals surface area (Å²) in [5, 5.41) is 14.8. The fraction of sp³-hybridized carbons (Fsp3) is 0.286. The molecule has 1 fully saturated rings. The lowest BCUT2D eigenvalue weighted by atomic mass is 10.2. The fourth-order valence-corrected chi connectivity index (χ4v) is 3.19. The Bertz CT molecular complexity index is 940. The SMILES string of the molecule is CN(C)c1ccc(Nc2nncc(Nc3ccccc3N3CCOCC3)n2)cc1. The Morgan fingerprint density at radius 2 is 1.72 bits per heavy atom. The molecule has 1 aromatic heterocycles. The van der Waals surface area contributed by atoms with Gasteiger partial charge in [-0.3, -0.25) is 0 Å². The van der Waals surface area contributed by atoms with Crippen molar-refractivity contribution in [2.75, 3.05) is 60.8 Å². The highest BCUT2D eigenvalue weighted by Crippen LogP contribution is 2.29. The summed E-state index contributed by atoms with van der Waals surface area (Å²) in [6.45, 7) is 3.22. The molecule has 0 radical (unpaired) electrons. The van der Waals surface area contributed by atoms with Gasteiger partial charge in [0.15, 0.2) is 5.82 Å². The summed E-state index contributed by atoms with van der Waals surface area (Å²) >= 11 is 0. The Hall–Kier alpha value is -3.39. The van der Waals surface area contributed by atoms with Gasteiger partial charge in [-0.2, -0.15) is 10.1 Å². The summed E-state index contributed by atoms with van der Waals surface area (Å²) in [6, 6.07) is 16.3. The van der Waals surface area contributed by atoms with Crippen LogP contribution in [-0.2, 0) is 4.74 Å². The molecule has 0 spiro atoms. The van der Waals surface area contributed by atoms with Gasteiger partial charge in [0.1, 0.15) is 0 Å². The summed E-state index contributed by atoms with van der Waals surface area (Å²) in [6.07, 6.45) is 1.62. The summed E-state index contributed by atoms with van der Waals surface area (Å²) < 4.78 is 5.47. The van der Waals surface area contributed by atoms with Crippen molar-refractivity contribution in [1.82, 2.24) is 15.2 Å². The van der Waals surface area contributed by atoms with Crippen LogP contribution < -0.4 is 20.4 Å². The highest BCUT2D eigenvalue weighted by Gasteiger charge is 2.15. The predicted molar refractivity (Wildman–Crippen MR) is 117 cm³/mol. The molecular formula is C21H25N7O. The van der Waals surface area contributed by atoms with E-state index in [1.807, 2.05) is 56.6 Å². The van der Waals surface area contributed by atoms with Gasteiger partial charge in [0.05, 0.1) is 30.8 Å². The van der Waals surface area contributed by atoms with Crippen molar-refractivity contribution in [3.8, 4) is 0 Å². The van der Waals surface area contributed by atoms with Crippen molar-refractivity contribution in [3.05, 3.63) is 54.7 Å². The minimum absolute atomic E-state index is 0.441.